The van der Waals surface area contributed by atoms with Gasteiger partial charge in [0.15, 0.2) is 0 Å². The van der Waals surface area contributed by atoms with Crippen LogP contribution in [0.3, 0.4) is 0 Å². The first kappa shape index (κ1) is 18.5. The monoisotopic (exact) mass is 369 g/mol. The molecule has 0 saturated heterocycles. The summed E-state index contributed by atoms with van der Waals surface area (Å²) in [5.74, 6) is 0.230. The number of benzene rings is 1. The molecule has 3 amide bonds. The molecule has 1 aromatic rings. The minimum atomic E-state index is -0.303. The Morgan fingerprint density at radius 2 is 1.77 bits per heavy atom. The molecule has 0 spiro atoms. The Balaban J connectivity index is 2.54. The standard InChI is InChI=1S/C16H24BrN3O2/c1-11(2)9-12(15(21)20(3)4)10-18-16(22)19-14-7-5-13(17)6-8-14/h5-8,11-12H,9-10H2,1-4H3,(H2,18,19,22). The topological polar surface area (TPSA) is 61.4 Å². The highest BCUT2D eigenvalue weighted by atomic mass is 79.9. The Morgan fingerprint density at radius 3 is 2.27 bits per heavy atom. The van der Waals surface area contributed by atoms with E-state index in [2.05, 4.69) is 40.4 Å². The second kappa shape index (κ2) is 8.78. The van der Waals surface area contributed by atoms with E-state index in [0.717, 1.165) is 10.9 Å². The van der Waals surface area contributed by atoms with Crippen molar-refractivity contribution in [3.8, 4) is 0 Å². The van der Waals surface area contributed by atoms with Gasteiger partial charge in [0.05, 0.1) is 5.92 Å². The molecule has 122 valence electrons. The highest BCUT2D eigenvalue weighted by molar-refractivity contribution is 9.10. The molecule has 0 aliphatic heterocycles. The summed E-state index contributed by atoms with van der Waals surface area (Å²) in [6.45, 7) is 4.47. The molecule has 1 rings (SSSR count). The van der Waals surface area contributed by atoms with Gasteiger partial charge < -0.3 is 15.5 Å². The molecule has 1 atom stereocenters. The van der Waals surface area contributed by atoms with Crippen molar-refractivity contribution >= 4 is 33.6 Å². The van der Waals surface area contributed by atoms with Crippen LogP contribution >= 0.6 is 15.9 Å². The molecule has 2 N–H and O–H groups in total. The lowest BCUT2D eigenvalue weighted by Crippen LogP contribution is -2.40. The van der Waals surface area contributed by atoms with Gasteiger partial charge in [0.25, 0.3) is 0 Å². The number of urea groups is 1. The highest BCUT2D eigenvalue weighted by Crippen LogP contribution is 2.15. The van der Waals surface area contributed by atoms with Crippen molar-refractivity contribution in [2.75, 3.05) is 26.0 Å². The summed E-state index contributed by atoms with van der Waals surface area (Å²) >= 11 is 3.34. The Hall–Kier alpha value is -1.56. The maximum Gasteiger partial charge on any atom is 0.319 e. The van der Waals surface area contributed by atoms with Gasteiger partial charge in [-0.25, -0.2) is 4.79 Å². The van der Waals surface area contributed by atoms with Crippen LogP contribution in [0.4, 0.5) is 10.5 Å². The summed E-state index contributed by atoms with van der Waals surface area (Å²) in [5, 5.41) is 5.53. The number of amides is 3. The average Bonchev–Trinajstić information content (AvgIpc) is 2.44. The second-order valence-corrected chi connectivity index (χ2v) is 6.82. The van der Waals surface area contributed by atoms with Crippen LogP contribution in [-0.4, -0.2) is 37.5 Å². The number of nitrogens with one attached hydrogen (secondary N) is 2. The van der Waals surface area contributed by atoms with Crippen molar-refractivity contribution in [2.45, 2.75) is 20.3 Å². The molecule has 0 radical (unpaired) electrons. The lowest BCUT2D eigenvalue weighted by Gasteiger charge is -2.22. The van der Waals surface area contributed by atoms with Gasteiger partial charge in [-0.1, -0.05) is 29.8 Å². The molecule has 22 heavy (non-hydrogen) atoms. The van der Waals surface area contributed by atoms with Gasteiger partial charge in [-0.15, -0.1) is 0 Å². The van der Waals surface area contributed by atoms with Crippen molar-refractivity contribution in [3.63, 3.8) is 0 Å². The van der Waals surface area contributed by atoms with Crippen LogP contribution in [0.15, 0.2) is 28.7 Å². The number of nitrogens with zero attached hydrogens (tertiary/aromatic N) is 1. The van der Waals surface area contributed by atoms with E-state index in [0.29, 0.717) is 18.2 Å². The maximum atomic E-state index is 12.1. The number of rotatable bonds is 6. The van der Waals surface area contributed by atoms with Crippen molar-refractivity contribution in [2.24, 2.45) is 11.8 Å². The quantitative estimate of drug-likeness (QED) is 0.807. The number of carbonyl (C=O) groups excluding carboxylic acids is 2. The Bertz CT molecular complexity index is 501. The van der Waals surface area contributed by atoms with Crippen LogP contribution in [0.1, 0.15) is 20.3 Å². The molecule has 0 aliphatic rings. The summed E-state index contributed by atoms with van der Waals surface area (Å²) in [6, 6.07) is 7.02. The van der Waals surface area contributed by atoms with Crippen molar-refractivity contribution in [1.29, 1.82) is 0 Å². The van der Waals surface area contributed by atoms with E-state index in [-0.39, 0.29) is 17.9 Å². The summed E-state index contributed by atoms with van der Waals surface area (Å²) in [4.78, 5) is 25.6. The third kappa shape index (κ3) is 6.47. The second-order valence-electron chi connectivity index (χ2n) is 5.90. The van der Waals surface area contributed by atoms with Crippen LogP contribution in [0.25, 0.3) is 0 Å². The van der Waals surface area contributed by atoms with E-state index in [9.17, 15) is 9.59 Å². The van der Waals surface area contributed by atoms with Gasteiger partial charge in [0.2, 0.25) is 5.91 Å². The molecular weight excluding hydrogens is 346 g/mol. The van der Waals surface area contributed by atoms with E-state index < -0.39 is 0 Å². The summed E-state index contributed by atoms with van der Waals surface area (Å²) in [6.07, 6.45) is 0.746. The molecule has 0 saturated carbocycles. The normalized spacial score (nSPS) is 11.9. The van der Waals surface area contributed by atoms with Gasteiger partial charge in [-0.05, 0) is 36.6 Å². The van der Waals surface area contributed by atoms with Crippen molar-refractivity contribution in [1.82, 2.24) is 10.2 Å². The number of anilines is 1. The van der Waals surface area contributed by atoms with E-state index in [1.165, 1.54) is 0 Å². The third-order valence-corrected chi connectivity index (χ3v) is 3.69. The zero-order valence-electron chi connectivity index (χ0n) is 13.5. The Kier molecular flexibility index (Phi) is 7.38. The van der Waals surface area contributed by atoms with Crippen LogP contribution in [0.2, 0.25) is 0 Å². The van der Waals surface area contributed by atoms with Crippen LogP contribution in [0.5, 0.6) is 0 Å². The summed E-state index contributed by atoms with van der Waals surface area (Å²) in [7, 11) is 3.47. The zero-order valence-corrected chi connectivity index (χ0v) is 15.1. The van der Waals surface area contributed by atoms with Gasteiger partial charge in [-0.2, -0.15) is 0 Å². The number of hydrogen-bond donors (Lipinski definition) is 2. The fourth-order valence-electron chi connectivity index (χ4n) is 2.13. The smallest absolute Gasteiger partial charge is 0.319 e. The molecule has 0 bridgehead atoms. The average molecular weight is 370 g/mol. The van der Waals surface area contributed by atoms with Crippen molar-refractivity contribution < 1.29 is 9.59 Å². The Labute approximate surface area is 140 Å². The van der Waals surface area contributed by atoms with Gasteiger partial charge >= 0.3 is 6.03 Å². The zero-order chi connectivity index (χ0) is 16.7. The number of halogens is 1. The molecule has 6 heteroatoms. The first-order valence-corrected chi connectivity index (χ1v) is 8.10. The first-order valence-electron chi connectivity index (χ1n) is 7.31. The molecule has 0 heterocycles. The molecular formula is C16H24BrN3O2. The van der Waals surface area contributed by atoms with Crippen LogP contribution in [0, 0.1) is 11.8 Å². The van der Waals surface area contributed by atoms with E-state index in [1.54, 1.807) is 31.1 Å². The van der Waals surface area contributed by atoms with Gasteiger partial charge in [0.1, 0.15) is 0 Å². The molecule has 0 aliphatic carbocycles. The number of carbonyl (C=O) groups is 2. The van der Waals surface area contributed by atoms with Gasteiger partial charge in [-0.3, -0.25) is 4.79 Å². The lowest BCUT2D eigenvalue weighted by atomic mass is 9.96. The predicted molar refractivity (Wildman–Crippen MR) is 92.8 cm³/mol. The fourth-order valence-corrected chi connectivity index (χ4v) is 2.39. The van der Waals surface area contributed by atoms with E-state index in [4.69, 9.17) is 0 Å². The maximum absolute atomic E-state index is 12.1. The van der Waals surface area contributed by atoms with Crippen molar-refractivity contribution in [3.05, 3.63) is 28.7 Å². The minimum absolute atomic E-state index is 0.0395. The van der Waals surface area contributed by atoms with Crippen LogP contribution < -0.4 is 10.6 Å². The minimum Gasteiger partial charge on any atom is -0.349 e. The molecule has 0 fully saturated rings. The molecule has 1 aromatic carbocycles. The Morgan fingerprint density at radius 1 is 1.18 bits per heavy atom. The first-order chi connectivity index (χ1) is 10.3. The van der Waals surface area contributed by atoms with Gasteiger partial charge in [0, 0.05) is 30.8 Å². The molecule has 1 unspecified atom stereocenters. The fraction of sp³-hybridized carbons (Fsp3) is 0.500. The van der Waals surface area contributed by atoms with E-state index >= 15 is 0 Å². The number of hydrogen-bond acceptors (Lipinski definition) is 2. The SMILES string of the molecule is CC(C)CC(CNC(=O)Nc1ccc(Br)cc1)C(=O)N(C)C. The lowest BCUT2D eigenvalue weighted by molar-refractivity contribution is -0.133. The molecule has 0 aromatic heterocycles. The summed E-state index contributed by atoms with van der Waals surface area (Å²) in [5.41, 5.74) is 0.708. The molecule has 5 nitrogen and oxygen atoms in total. The third-order valence-electron chi connectivity index (χ3n) is 3.16. The summed E-state index contributed by atoms with van der Waals surface area (Å²) < 4.78 is 0.951. The highest BCUT2D eigenvalue weighted by Gasteiger charge is 2.22. The predicted octanol–water partition coefficient (Wildman–Crippen LogP) is 3.32. The van der Waals surface area contributed by atoms with E-state index in [1.807, 2.05) is 12.1 Å². The van der Waals surface area contributed by atoms with Crippen LogP contribution in [-0.2, 0) is 4.79 Å². The largest absolute Gasteiger partial charge is 0.349 e.